The normalized spacial score (nSPS) is 11.3. The summed E-state index contributed by atoms with van der Waals surface area (Å²) >= 11 is 0. The first kappa shape index (κ1) is 20.6. The van der Waals surface area contributed by atoms with Crippen molar-refractivity contribution in [3.05, 3.63) is 35.9 Å². The maximum absolute atomic E-state index is 11.8. The van der Waals surface area contributed by atoms with Crippen molar-refractivity contribution in [2.24, 2.45) is 0 Å². The highest BCUT2D eigenvalue weighted by molar-refractivity contribution is 5.89. The summed E-state index contributed by atoms with van der Waals surface area (Å²) in [5.74, 6) is -0.200. The third-order valence-corrected chi connectivity index (χ3v) is 3.28. The molecule has 0 aromatic heterocycles. The Hall–Kier alpha value is -1.35. The molecule has 22 heavy (non-hydrogen) atoms. The summed E-state index contributed by atoms with van der Waals surface area (Å²) in [6, 6.07) is 9.20. The Morgan fingerprint density at radius 1 is 1.00 bits per heavy atom. The minimum atomic E-state index is -0.200. The van der Waals surface area contributed by atoms with Gasteiger partial charge in [-0.15, -0.1) is 0 Å². The molecular weight excluding hydrogens is 276 g/mol. The van der Waals surface area contributed by atoms with Crippen molar-refractivity contribution < 1.29 is 14.3 Å². The van der Waals surface area contributed by atoms with Crippen LogP contribution >= 0.6 is 0 Å². The van der Waals surface area contributed by atoms with Crippen molar-refractivity contribution in [2.45, 2.75) is 65.9 Å². The van der Waals surface area contributed by atoms with E-state index in [0.29, 0.717) is 5.56 Å². The number of rotatable bonds is 9. The first-order chi connectivity index (χ1) is 10.7. The van der Waals surface area contributed by atoms with Crippen LogP contribution in [0.25, 0.3) is 0 Å². The molecule has 1 unspecified atom stereocenters. The van der Waals surface area contributed by atoms with Gasteiger partial charge in [-0.3, -0.25) is 0 Å². The molecule has 3 heteroatoms. The number of carbonyl (C=O) groups is 1. The number of carbonyl (C=O) groups excluding carboxylic acids is 1. The highest BCUT2D eigenvalue weighted by Crippen LogP contribution is 2.12. The quantitative estimate of drug-likeness (QED) is 0.462. The Labute approximate surface area is 136 Å². The van der Waals surface area contributed by atoms with E-state index in [1.165, 1.54) is 12.8 Å². The van der Waals surface area contributed by atoms with E-state index in [1.807, 2.05) is 32.0 Å². The fourth-order valence-electron chi connectivity index (χ4n) is 1.97. The average molecular weight is 308 g/mol. The van der Waals surface area contributed by atoms with Crippen LogP contribution in [0.15, 0.2) is 30.3 Å². The number of benzene rings is 1. The Kier molecular flexibility index (Phi) is 13.7. The summed E-state index contributed by atoms with van der Waals surface area (Å²) < 4.78 is 10.3. The number of hydrogen-bond acceptors (Lipinski definition) is 3. The zero-order valence-corrected chi connectivity index (χ0v) is 14.6. The van der Waals surface area contributed by atoms with E-state index in [4.69, 9.17) is 9.47 Å². The fourth-order valence-corrected chi connectivity index (χ4v) is 1.97. The lowest BCUT2D eigenvalue weighted by Crippen LogP contribution is -2.17. The smallest absolute Gasteiger partial charge is 0.338 e. The molecule has 0 saturated carbocycles. The first-order valence-electron chi connectivity index (χ1n) is 8.53. The van der Waals surface area contributed by atoms with Crippen molar-refractivity contribution >= 4 is 5.97 Å². The molecule has 1 aromatic carbocycles. The number of hydrogen-bond donors (Lipinski definition) is 0. The van der Waals surface area contributed by atoms with Crippen molar-refractivity contribution in [3.63, 3.8) is 0 Å². The first-order valence-corrected chi connectivity index (χ1v) is 8.53. The summed E-state index contributed by atoms with van der Waals surface area (Å²) in [5, 5.41) is 0. The molecule has 3 nitrogen and oxygen atoms in total. The summed E-state index contributed by atoms with van der Waals surface area (Å²) in [7, 11) is 0. The highest BCUT2D eigenvalue weighted by Gasteiger charge is 2.13. The molecule has 0 aliphatic heterocycles. The van der Waals surface area contributed by atoms with Gasteiger partial charge in [0.15, 0.2) is 0 Å². The van der Waals surface area contributed by atoms with Crippen LogP contribution in [0.3, 0.4) is 0 Å². The Morgan fingerprint density at radius 3 is 2.09 bits per heavy atom. The van der Waals surface area contributed by atoms with Crippen LogP contribution in [-0.4, -0.2) is 25.3 Å². The molecule has 0 fully saturated rings. The number of unbranched alkanes of at least 4 members (excludes halogenated alkanes) is 2. The molecule has 0 saturated heterocycles. The predicted octanol–water partition coefficient (Wildman–Crippen LogP) is 5.25. The van der Waals surface area contributed by atoms with E-state index in [0.717, 1.165) is 32.5 Å². The van der Waals surface area contributed by atoms with Gasteiger partial charge < -0.3 is 9.47 Å². The standard InChI is InChI=1S/C15H22O2.C4H10O/c1-3-5-7-12-14(4-2)17-15(16)13-10-8-6-9-11-13;1-3-5-4-2/h6,8-11,14H,3-5,7,12H2,1-2H3;3-4H2,1-2H3. The Bertz CT molecular complexity index is 360. The highest BCUT2D eigenvalue weighted by atomic mass is 16.5. The molecule has 0 bridgehead atoms. The Morgan fingerprint density at radius 2 is 1.64 bits per heavy atom. The van der Waals surface area contributed by atoms with Gasteiger partial charge in [0.25, 0.3) is 0 Å². The summed E-state index contributed by atoms with van der Waals surface area (Å²) in [4.78, 5) is 11.8. The van der Waals surface area contributed by atoms with Gasteiger partial charge in [0.1, 0.15) is 6.10 Å². The van der Waals surface area contributed by atoms with Crippen LogP contribution < -0.4 is 0 Å². The van der Waals surface area contributed by atoms with Crippen LogP contribution in [0.4, 0.5) is 0 Å². The van der Waals surface area contributed by atoms with E-state index >= 15 is 0 Å². The molecule has 1 atom stereocenters. The predicted molar refractivity (Wildman–Crippen MR) is 92.2 cm³/mol. The molecule has 0 N–H and O–H groups in total. The minimum absolute atomic E-state index is 0.0641. The number of ether oxygens (including phenoxy) is 2. The third kappa shape index (κ3) is 10.4. The van der Waals surface area contributed by atoms with Gasteiger partial charge in [0.05, 0.1) is 5.56 Å². The monoisotopic (exact) mass is 308 g/mol. The van der Waals surface area contributed by atoms with Crippen LogP contribution in [0.5, 0.6) is 0 Å². The van der Waals surface area contributed by atoms with Crippen molar-refractivity contribution in [3.8, 4) is 0 Å². The summed E-state index contributed by atoms with van der Waals surface area (Å²) in [6.07, 6.45) is 5.47. The number of esters is 1. The molecule has 0 aliphatic rings. The van der Waals surface area contributed by atoms with Crippen LogP contribution in [0.2, 0.25) is 0 Å². The Balaban J connectivity index is 0.000000763. The van der Waals surface area contributed by atoms with Gasteiger partial charge in [-0.25, -0.2) is 4.79 Å². The van der Waals surface area contributed by atoms with Crippen LogP contribution in [0.1, 0.15) is 70.2 Å². The van der Waals surface area contributed by atoms with E-state index in [9.17, 15) is 4.79 Å². The second kappa shape index (κ2) is 14.6. The second-order valence-electron chi connectivity index (χ2n) is 5.08. The molecule has 0 spiro atoms. The maximum Gasteiger partial charge on any atom is 0.338 e. The lowest BCUT2D eigenvalue weighted by Gasteiger charge is -2.15. The zero-order chi connectivity index (χ0) is 16.6. The van der Waals surface area contributed by atoms with Gasteiger partial charge >= 0.3 is 5.97 Å². The van der Waals surface area contributed by atoms with Crippen molar-refractivity contribution in [1.29, 1.82) is 0 Å². The van der Waals surface area contributed by atoms with E-state index in [2.05, 4.69) is 13.8 Å². The topological polar surface area (TPSA) is 35.5 Å². The molecule has 1 aromatic rings. The van der Waals surface area contributed by atoms with Crippen molar-refractivity contribution in [1.82, 2.24) is 0 Å². The van der Waals surface area contributed by atoms with Crippen LogP contribution in [-0.2, 0) is 9.47 Å². The average Bonchev–Trinajstić information content (AvgIpc) is 2.56. The lowest BCUT2D eigenvalue weighted by molar-refractivity contribution is 0.0267. The molecule has 126 valence electrons. The van der Waals surface area contributed by atoms with E-state index in [1.54, 1.807) is 12.1 Å². The van der Waals surface area contributed by atoms with Gasteiger partial charge in [-0.05, 0) is 45.2 Å². The maximum atomic E-state index is 11.8. The van der Waals surface area contributed by atoms with Gasteiger partial charge in [-0.2, -0.15) is 0 Å². The fraction of sp³-hybridized carbons (Fsp3) is 0.632. The molecule has 1 rings (SSSR count). The van der Waals surface area contributed by atoms with Gasteiger partial charge in [0.2, 0.25) is 0 Å². The molecule has 0 aliphatic carbocycles. The third-order valence-electron chi connectivity index (χ3n) is 3.28. The second-order valence-corrected chi connectivity index (χ2v) is 5.08. The summed E-state index contributed by atoms with van der Waals surface area (Å²) in [6.45, 7) is 9.91. The minimum Gasteiger partial charge on any atom is -0.459 e. The lowest BCUT2D eigenvalue weighted by atomic mass is 10.1. The van der Waals surface area contributed by atoms with E-state index in [-0.39, 0.29) is 12.1 Å². The molecule has 0 radical (unpaired) electrons. The summed E-state index contributed by atoms with van der Waals surface area (Å²) in [5.41, 5.74) is 0.640. The van der Waals surface area contributed by atoms with Gasteiger partial charge in [-0.1, -0.05) is 44.9 Å². The SMILES string of the molecule is CCCCCC(CC)OC(=O)c1ccccc1.CCOCC. The van der Waals surface area contributed by atoms with E-state index < -0.39 is 0 Å². The molecule has 0 amide bonds. The van der Waals surface area contributed by atoms with Crippen molar-refractivity contribution in [2.75, 3.05) is 13.2 Å². The molecular formula is C19H32O3. The van der Waals surface area contributed by atoms with Crippen LogP contribution in [0, 0.1) is 0 Å². The molecule has 0 heterocycles. The largest absolute Gasteiger partial charge is 0.459 e. The zero-order valence-electron chi connectivity index (χ0n) is 14.6. The van der Waals surface area contributed by atoms with Gasteiger partial charge in [0, 0.05) is 13.2 Å².